The van der Waals surface area contributed by atoms with Gasteiger partial charge in [-0.05, 0) is 25.0 Å². The molecule has 1 aromatic rings. The molecule has 0 saturated carbocycles. The van der Waals surface area contributed by atoms with Gasteiger partial charge in [-0.25, -0.2) is 0 Å². The number of nitrogens with zero attached hydrogens (tertiary/aromatic N) is 2. The van der Waals surface area contributed by atoms with E-state index in [0.717, 1.165) is 23.0 Å². The van der Waals surface area contributed by atoms with Crippen LogP contribution in [0.4, 0.5) is 0 Å². The summed E-state index contributed by atoms with van der Waals surface area (Å²) in [6.07, 6.45) is 8.48. The van der Waals surface area contributed by atoms with Gasteiger partial charge in [0, 0.05) is 23.0 Å². The molecule has 0 fully saturated rings. The van der Waals surface area contributed by atoms with E-state index in [1.165, 1.54) is 22.8 Å². The molecular weight excluding hydrogens is 300 g/mol. The lowest BCUT2D eigenvalue weighted by Gasteiger charge is -2.12. The van der Waals surface area contributed by atoms with Gasteiger partial charge in [0.05, 0.1) is 22.8 Å². The van der Waals surface area contributed by atoms with Gasteiger partial charge in [0.25, 0.3) is 0 Å². The molecule has 2 nitrogen and oxygen atoms in total. The van der Waals surface area contributed by atoms with Crippen LogP contribution in [-0.2, 0) is 23.0 Å². The molecule has 0 aliphatic carbocycles. The van der Waals surface area contributed by atoms with Crippen LogP contribution < -0.4 is 0 Å². The summed E-state index contributed by atoms with van der Waals surface area (Å²) in [7, 11) is 0. The molecule has 0 aromatic carbocycles. The van der Waals surface area contributed by atoms with Gasteiger partial charge < -0.3 is 0 Å². The van der Waals surface area contributed by atoms with Gasteiger partial charge in [0.1, 0.15) is 0 Å². The summed E-state index contributed by atoms with van der Waals surface area (Å²) in [5.74, 6) is 3.85. The summed E-state index contributed by atoms with van der Waals surface area (Å²) in [6.45, 7) is 0. The van der Waals surface area contributed by atoms with E-state index in [0.29, 0.717) is 0 Å². The second-order valence-electron chi connectivity index (χ2n) is 3.74. The van der Waals surface area contributed by atoms with E-state index in [9.17, 15) is 0 Å². The van der Waals surface area contributed by atoms with Crippen LogP contribution in [0.2, 0.25) is 0 Å². The maximum Gasteiger partial charge on any atom is 0.0730 e. The minimum Gasteiger partial charge on any atom is -0.252 e. The van der Waals surface area contributed by atoms with Gasteiger partial charge in [0.2, 0.25) is 0 Å². The van der Waals surface area contributed by atoms with E-state index in [1.54, 1.807) is 0 Å². The highest BCUT2D eigenvalue weighted by molar-refractivity contribution is 7.98. The molecule has 0 radical (unpaired) electrons. The normalized spacial score (nSPS) is 10.9. The largest absolute Gasteiger partial charge is 0.252 e. The summed E-state index contributed by atoms with van der Waals surface area (Å²) in [5, 5.41) is 0. The summed E-state index contributed by atoms with van der Waals surface area (Å²) in [5.41, 5.74) is 4.69. The van der Waals surface area contributed by atoms with Crippen LogP contribution >= 0.6 is 47.0 Å². The molecule has 102 valence electrons. The van der Waals surface area contributed by atoms with Gasteiger partial charge in [0.15, 0.2) is 0 Å². The van der Waals surface area contributed by atoms with Crippen molar-refractivity contribution in [1.82, 2.24) is 9.97 Å². The first-order valence-electron chi connectivity index (χ1n) is 5.60. The first-order valence-corrected chi connectivity index (χ1v) is 11.2. The van der Waals surface area contributed by atoms with Gasteiger partial charge in [-0.2, -0.15) is 47.0 Å². The molecule has 0 spiro atoms. The van der Waals surface area contributed by atoms with Crippen molar-refractivity contribution in [2.45, 2.75) is 23.0 Å². The first kappa shape index (κ1) is 16.5. The Morgan fingerprint density at radius 3 is 0.944 bits per heavy atom. The second kappa shape index (κ2) is 9.39. The highest BCUT2D eigenvalue weighted by Gasteiger charge is 2.12. The Balaban J connectivity index is 3.11. The molecule has 1 heterocycles. The lowest BCUT2D eigenvalue weighted by atomic mass is 10.3. The molecular formula is C12H20N2S4. The Morgan fingerprint density at radius 1 is 0.556 bits per heavy atom. The van der Waals surface area contributed by atoms with Crippen molar-refractivity contribution in [3.8, 4) is 0 Å². The van der Waals surface area contributed by atoms with Crippen LogP contribution in [0, 0.1) is 0 Å². The topological polar surface area (TPSA) is 25.8 Å². The maximum atomic E-state index is 4.86. The second-order valence-corrected chi connectivity index (χ2v) is 7.21. The summed E-state index contributed by atoms with van der Waals surface area (Å²) < 4.78 is 0. The molecule has 0 aliphatic rings. The average Bonchev–Trinajstić information content (AvgIpc) is 2.35. The van der Waals surface area contributed by atoms with E-state index < -0.39 is 0 Å². The number of thioether (sulfide) groups is 4. The molecule has 1 aromatic heterocycles. The summed E-state index contributed by atoms with van der Waals surface area (Å²) in [4.78, 5) is 9.72. The van der Waals surface area contributed by atoms with E-state index in [2.05, 4.69) is 25.0 Å². The molecule has 18 heavy (non-hydrogen) atoms. The Kier molecular flexibility index (Phi) is 8.63. The molecule has 0 amide bonds. The zero-order valence-electron chi connectivity index (χ0n) is 11.4. The van der Waals surface area contributed by atoms with Gasteiger partial charge >= 0.3 is 0 Å². The van der Waals surface area contributed by atoms with Crippen molar-refractivity contribution in [2.75, 3.05) is 25.0 Å². The van der Waals surface area contributed by atoms with Crippen molar-refractivity contribution < 1.29 is 0 Å². The van der Waals surface area contributed by atoms with Gasteiger partial charge in [-0.15, -0.1) is 0 Å². The highest BCUT2D eigenvalue weighted by Crippen LogP contribution is 2.22. The fourth-order valence-corrected chi connectivity index (χ4v) is 3.61. The summed E-state index contributed by atoms with van der Waals surface area (Å²) in [6, 6.07) is 0. The monoisotopic (exact) mass is 320 g/mol. The van der Waals surface area contributed by atoms with E-state index in [1.807, 2.05) is 47.0 Å². The fourth-order valence-electron chi connectivity index (χ4n) is 1.59. The Morgan fingerprint density at radius 2 is 0.778 bits per heavy atom. The van der Waals surface area contributed by atoms with E-state index >= 15 is 0 Å². The van der Waals surface area contributed by atoms with Crippen molar-refractivity contribution in [3.63, 3.8) is 0 Å². The molecule has 0 aliphatic heterocycles. The number of rotatable bonds is 8. The molecule has 6 heteroatoms. The van der Waals surface area contributed by atoms with E-state index in [4.69, 9.17) is 9.97 Å². The minimum absolute atomic E-state index is 0.962. The molecule has 0 atom stereocenters. The Hall–Kier alpha value is 0.480. The van der Waals surface area contributed by atoms with Crippen LogP contribution in [-0.4, -0.2) is 35.0 Å². The third-order valence-corrected chi connectivity index (χ3v) is 4.58. The zero-order chi connectivity index (χ0) is 13.4. The fraction of sp³-hybridized carbons (Fsp3) is 0.667. The quantitative estimate of drug-likeness (QED) is 0.720. The third-order valence-electron chi connectivity index (χ3n) is 2.33. The first-order chi connectivity index (χ1) is 8.76. The van der Waals surface area contributed by atoms with Crippen LogP contribution in [0.15, 0.2) is 0 Å². The van der Waals surface area contributed by atoms with E-state index in [-0.39, 0.29) is 0 Å². The Bertz CT molecular complexity index is 305. The highest BCUT2D eigenvalue weighted by atomic mass is 32.2. The number of hydrogen-bond donors (Lipinski definition) is 0. The molecule has 0 saturated heterocycles. The molecule has 0 unspecified atom stereocenters. The molecule has 0 N–H and O–H groups in total. The number of hydrogen-bond acceptors (Lipinski definition) is 6. The number of aromatic nitrogens is 2. The lowest BCUT2D eigenvalue weighted by Crippen LogP contribution is -2.08. The maximum absolute atomic E-state index is 4.86. The van der Waals surface area contributed by atoms with Gasteiger partial charge in [-0.1, -0.05) is 0 Å². The Labute approximate surface area is 127 Å². The lowest BCUT2D eigenvalue weighted by molar-refractivity contribution is 0.930. The SMILES string of the molecule is CSCc1nc(CSC)c(CSC)nc1CSC. The smallest absolute Gasteiger partial charge is 0.0730 e. The third kappa shape index (κ3) is 4.87. The molecule has 1 rings (SSSR count). The van der Waals surface area contributed by atoms with Crippen LogP contribution in [0.25, 0.3) is 0 Å². The van der Waals surface area contributed by atoms with Crippen molar-refractivity contribution in [3.05, 3.63) is 22.8 Å². The average molecular weight is 321 g/mol. The zero-order valence-corrected chi connectivity index (χ0v) is 14.6. The van der Waals surface area contributed by atoms with Gasteiger partial charge in [-0.3, -0.25) is 9.97 Å². The van der Waals surface area contributed by atoms with Crippen LogP contribution in [0.3, 0.4) is 0 Å². The van der Waals surface area contributed by atoms with Crippen LogP contribution in [0.1, 0.15) is 22.8 Å². The van der Waals surface area contributed by atoms with Crippen molar-refractivity contribution in [1.29, 1.82) is 0 Å². The minimum atomic E-state index is 0.962. The standard InChI is InChI=1S/C12H20N2S4/c1-15-5-9-10(6-16-2)14-12(8-18-4)11(13-9)7-17-3/h5-8H2,1-4H3. The van der Waals surface area contributed by atoms with Crippen LogP contribution in [0.5, 0.6) is 0 Å². The summed E-state index contributed by atoms with van der Waals surface area (Å²) >= 11 is 7.27. The van der Waals surface area contributed by atoms with Crippen molar-refractivity contribution >= 4 is 47.0 Å². The predicted molar refractivity (Wildman–Crippen MR) is 90.9 cm³/mol. The van der Waals surface area contributed by atoms with Crippen molar-refractivity contribution in [2.24, 2.45) is 0 Å². The predicted octanol–water partition coefficient (Wildman–Crippen LogP) is 3.93. The molecule has 0 bridgehead atoms.